The van der Waals surface area contributed by atoms with Crippen LogP contribution in [0.1, 0.15) is 53.1 Å². The van der Waals surface area contributed by atoms with Gasteiger partial charge in [0, 0.05) is 31.1 Å². The summed E-state index contributed by atoms with van der Waals surface area (Å²) in [5.74, 6) is 0.0739. The molecule has 2 aromatic rings. The van der Waals surface area contributed by atoms with Gasteiger partial charge in [0.2, 0.25) is 5.91 Å². The van der Waals surface area contributed by atoms with E-state index in [2.05, 4.69) is 17.0 Å². The van der Waals surface area contributed by atoms with Gasteiger partial charge in [-0.2, -0.15) is 0 Å². The Hall–Kier alpha value is -2.33. The third-order valence-electron chi connectivity index (χ3n) is 6.72. The molecule has 0 aromatic heterocycles. The first-order chi connectivity index (χ1) is 14.5. The quantitative estimate of drug-likeness (QED) is 0.675. The highest BCUT2D eigenvalue weighted by Gasteiger charge is 2.53. The van der Waals surface area contributed by atoms with Gasteiger partial charge < -0.3 is 9.80 Å². The molecule has 4 rings (SSSR count). The summed E-state index contributed by atoms with van der Waals surface area (Å²) in [6.07, 6.45) is 4.05. The highest BCUT2D eigenvalue weighted by Crippen LogP contribution is 2.46. The first-order valence-corrected chi connectivity index (χ1v) is 11.4. The second-order valence-corrected chi connectivity index (χ2v) is 8.88. The van der Waals surface area contributed by atoms with E-state index in [0.29, 0.717) is 13.1 Å². The van der Waals surface area contributed by atoms with Gasteiger partial charge in [-0.05, 0) is 37.5 Å². The third-order valence-corrected chi connectivity index (χ3v) is 6.95. The number of nitrogens with zero attached hydrogens (tertiary/aromatic N) is 2. The second kappa shape index (κ2) is 8.81. The number of aryl methyl sites for hydroxylation is 1. The Kier molecular flexibility index (Phi) is 6.14. The van der Waals surface area contributed by atoms with Crippen molar-refractivity contribution >= 4 is 23.4 Å². The summed E-state index contributed by atoms with van der Waals surface area (Å²) in [7, 11) is 0. The van der Waals surface area contributed by atoms with E-state index in [1.165, 1.54) is 5.56 Å². The number of benzene rings is 2. The first-order valence-electron chi connectivity index (χ1n) is 10.8. The molecule has 2 aliphatic heterocycles. The largest absolute Gasteiger partial charge is 0.339 e. The first kappa shape index (κ1) is 20.9. The number of likely N-dealkylation sites (tertiary alicyclic amines) is 2. The maximum Gasteiger partial charge on any atom is 0.254 e. The molecular weight excluding hydrogens is 396 g/mol. The number of carbonyl (C=O) groups is 2. The number of halogens is 1. The summed E-state index contributed by atoms with van der Waals surface area (Å²) in [6.45, 7) is 3.89. The predicted octanol–water partition coefficient (Wildman–Crippen LogP) is 4.61. The topological polar surface area (TPSA) is 40.6 Å². The van der Waals surface area contributed by atoms with Gasteiger partial charge in [0.15, 0.2) is 0 Å². The van der Waals surface area contributed by atoms with Gasteiger partial charge in [0.25, 0.3) is 5.91 Å². The van der Waals surface area contributed by atoms with Crippen LogP contribution in [0.3, 0.4) is 0 Å². The summed E-state index contributed by atoms with van der Waals surface area (Å²) in [5, 5.41) is 0. The fourth-order valence-electron chi connectivity index (χ4n) is 5.27. The molecule has 2 heterocycles. The van der Waals surface area contributed by atoms with Crippen LogP contribution in [0.15, 0.2) is 54.6 Å². The minimum atomic E-state index is -0.402. The average molecular weight is 425 g/mol. The van der Waals surface area contributed by atoms with Crippen LogP contribution in [0.5, 0.6) is 0 Å². The lowest BCUT2D eigenvalue weighted by atomic mass is 9.77. The number of carbonyl (C=O) groups excluding carboxylic acids is 2. The van der Waals surface area contributed by atoms with E-state index in [4.69, 9.17) is 11.6 Å². The van der Waals surface area contributed by atoms with Crippen LogP contribution in [0.4, 0.5) is 0 Å². The van der Waals surface area contributed by atoms with Crippen molar-refractivity contribution in [1.82, 2.24) is 9.80 Å². The van der Waals surface area contributed by atoms with Crippen molar-refractivity contribution in [2.75, 3.05) is 25.5 Å². The Balaban J connectivity index is 1.79. The van der Waals surface area contributed by atoms with E-state index >= 15 is 0 Å². The van der Waals surface area contributed by atoms with Crippen LogP contribution in [-0.4, -0.2) is 52.7 Å². The Morgan fingerprint density at radius 2 is 1.87 bits per heavy atom. The van der Waals surface area contributed by atoms with Crippen molar-refractivity contribution in [2.45, 2.75) is 44.1 Å². The van der Waals surface area contributed by atoms with Gasteiger partial charge in [0.05, 0.1) is 5.54 Å². The maximum absolute atomic E-state index is 13.8. The Labute approximate surface area is 183 Å². The number of hydrogen-bond acceptors (Lipinski definition) is 2. The van der Waals surface area contributed by atoms with Crippen molar-refractivity contribution in [1.29, 1.82) is 0 Å². The average Bonchev–Trinajstić information content (AvgIpc) is 3.03. The summed E-state index contributed by atoms with van der Waals surface area (Å²) >= 11 is 5.93. The molecule has 2 fully saturated rings. The molecule has 0 saturated carbocycles. The van der Waals surface area contributed by atoms with Crippen molar-refractivity contribution in [3.63, 3.8) is 0 Å². The third kappa shape index (κ3) is 3.85. The van der Waals surface area contributed by atoms with Crippen LogP contribution in [-0.2, 0) is 4.79 Å². The Morgan fingerprint density at radius 1 is 1.07 bits per heavy atom. The Bertz CT molecular complexity index is 916. The molecule has 2 amide bonds. The monoisotopic (exact) mass is 424 g/mol. The van der Waals surface area contributed by atoms with Crippen LogP contribution < -0.4 is 0 Å². The molecule has 1 spiro atoms. The smallest absolute Gasteiger partial charge is 0.254 e. The van der Waals surface area contributed by atoms with Gasteiger partial charge in [0.1, 0.15) is 5.88 Å². The fourth-order valence-corrected chi connectivity index (χ4v) is 5.44. The molecule has 0 unspecified atom stereocenters. The zero-order valence-electron chi connectivity index (χ0n) is 17.5. The van der Waals surface area contributed by atoms with E-state index in [9.17, 15) is 9.59 Å². The molecule has 2 atom stereocenters. The second-order valence-electron chi connectivity index (χ2n) is 8.61. The minimum Gasteiger partial charge on any atom is -0.339 e. The number of rotatable bonds is 3. The summed E-state index contributed by atoms with van der Waals surface area (Å²) in [6, 6.07) is 18.2. The molecule has 158 valence electrons. The van der Waals surface area contributed by atoms with Gasteiger partial charge >= 0.3 is 0 Å². The molecule has 2 aliphatic rings. The van der Waals surface area contributed by atoms with Crippen LogP contribution in [0.25, 0.3) is 0 Å². The number of amides is 2. The summed E-state index contributed by atoms with van der Waals surface area (Å²) in [5.41, 5.74) is 2.59. The fraction of sp³-hybridized carbons (Fsp3) is 0.440. The van der Waals surface area contributed by atoms with Crippen molar-refractivity contribution in [3.8, 4) is 0 Å². The molecule has 2 aromatic carbocycles. The van der Waals surface area contributed by atoms with E-state index in [1.807, 2.05) is 54.3 Å². The van der Waals surface area contributed by atoms with Crippen molar-refractivity contribution in [2.24, 2.45) is 0 Å². The van der Waals surface area contributed by atoms with Crippen LogP contribution >= 0.6 is 11.6 Å². The molecule has 0 bridgehead atoms. The molecule has 0 N–H and O–H groups in total. The normalized spacial score (nSPS) is 24.1. The zero-order valence-corrected chi connectivity index (χ0v) is 18.3. The van der Waals surface area contributed by atoms with Gasteiger partial charge in [-0.15, -0.1) is 11.6 Å². The van der Waals surface area contributed by atoms with Crippen molar-refractivity contribution in [3.05, 3.63) is 71.3 Å². The molecule has 30 heavy (non-hydrogen) atoms. The van der Waals surface area contributed by atoms with E-state index < -0.39 is 5.54 Å². The molecule has 0 radical (unpaired) electrons. The lowest BCUT2D eigenvalue weighted by Crippen LogP contribution is -2.56. The van der Waals surface area contributed by atoms with Crippen LogP contribution in [0, 0.1) is 6.92 Å². The van der Waals surface area contributed by atoms with Crippen molar-refractivity contribution < 1.29 is 9.59 Å². The number of alkyl halides is 1. The van der Waals surface area contributed by atoms with E-state index in [0.717, 1.165) is 43.4 Å². The maximum atomic E-state index is 13.8. The summed E-state index contributed by atoms with van der Waals surface area (Å²) < 4.78 is 0. The molecule has 4 nitrogen and oxygen atoms in total. The van der Waals surface area contributed by atoms with E-state index in [-0.39, 0.29) is 23.6 Å². The van der Waals surface area contributed by atoms with E-state index in [1.54, 1.807) is 0 Å². The predicted molar refractivity (Wildman–Crippen MR) is 120 cm³/mol. The lowest BCUT2D eigenvalue weighted by molar-refractivity contribution is -0.128. The zero-order chi connectivity index (χ0) is 21.1. The Morgan fingerprint density at radius 3 is 2.60 bits per heavy atom. The van der Waals surface area contributed by atoms with Gasteiger partial charge in [-0.1, -0.05) is 60.9 Å². The van der Waals surface area contributed by atoms with Gasteiger partial charge in [-0.3, -0.25) is 9.59 Å². The molecule has 2 saturated heterocycles. The molecule has 0 aliphatic carbocycles. The highest BCUT2D eigenvalue weighted by molar-refractivity contribution is 6.27. The summed E-state index contributed by atoms with van der Waals surface area (Å²) in [4.78, 5) is 30.3. The van der Waals surface area contributed by atoms with Gasteiger partial charge in [-0.25, -0.2) is 0 Å². The number of hydrogen-bond donors (Lipinski definition) is 0. The molecule has 5 heteroatoms. The lowest BCUT2D eigenvalue weighted by Gasteiger charge is -2.44. The SMILES string of the molecule is Cc1cccc(C(=O)N2CCCCC[C@]23CN(C(=O)CCl)C[C@H]3c2ccccc2)c1. The standard InChI is InChI=1S/C25H29ClN2O2/c1-19-9-8-12-21(15-19)24(30)28-14-7-3-6-13-25(28)18-27(23(29)16-26)17-22(25)20-10-4-2-5-11-20/h2,4-5,8-12,15,22H,3,6-7,13-14,16-18H2,1H3/t22-,25+/m0/s1. The highest BCUT2D eigenvalue weighted by atomic mass is 35.5. The molecular formula is C25H29ClN2O2. The van der Waals surface area contributed by atoms with Crippen LogP contribution in [0.2, 0.25) is 0 Å². The minimum absolute atomic E-state index is 0.0244.